The van der Waals surface area contributed by atoms with Gasteiger partial charge in [0.25, 0.3) is 0 Å². The van der Waals surface area contributed by atoms with Crippen LogP contribution in [-0.2, 0) is 11.3 Å². The van der Waals surface area contributed by atoms with E-state index in [1.54, 1.807) is 0 Å². The first-order chi connectivity index (χ1) is 5.68. The Morgan fingerprint density at radius 3 is 3.08 bits per heavy atom. The fraction of sp³-hybridized carbons (Fsp3) is 0.143. The Morgan fingerprint density at radius 1 is 1.58 bits per heavy atom. The molecule has 1 heterocycles. The van der Waals surface area contributed by atoms with Crippen molar-refractivity contribution in [1.29, 1.82) is 0 Å². The average molecular weight is 167 g/mol. The van der Waals surface area contributed by atoms with Crippen LogP contribution in [-0.4, -0.2) is 12.1 Å². The van der Waals surface area contributed by atoms with Gasteiger partial charge >= 0.3 is 7.12 Å². The molecule has 0 saturated carbocycles. The van der Waals surface area contributed by atoms with E-state index >= 15 is 0 Å². The van der Waals surface area contributed by atoms with Crippen LogP contribution in [0.25, 0.3) is 0 Å². The van der Waals surface area contributed by atoms with Crippen LogP contribution >= 0.6 is 0 Å². The van der Waals surface area contributed by atoms with Crippen LogP contribution < -0.4 is 11.2 Å². The largest absolute Gasteiger partial charge is 0.491 e. The van der Waals surface area contributed by atoms with Crippen molar-refractivity contribution in [3.63, 3.8) is 0 Å². The predicted octanol–water partition coefficient (Wildman–Crippen LogP) is -0.374. The molecule has 0 saturated heterocycles. The number of hydrogen-bond donors (Lipinski definition) is 2. The van der Waals surface area contributed by atoms with Crippen LogP contribution in [0.2, 0.25) is 0 Å². The maximum absolute atomic E-state index is 13.1. The second-order valence-electron chi connectivity index (χ2n) is 2.73. The standard InChI is InChI=1S/C7H7BFNO2/c9-7-2-4(10)1-6-5(7)3-12-8(6)11/h1-2,11H,3,10H2. The van der Waals surface area contributed by atoms with E-state index in [0.29, 0.717) is 16.7 Å². The molecule has 0 aliphatic carbocycles. The van der Waals surface area contributed by atoms with Crippen LogP contribution in [0.1, 0.15) is 5.56 Å². The Hall–Kier alpha value is -1.07. The summed E-state index contributed by atoms with van der Waals surface area (Å²) in [5.74, 6) is -0.415. The fourth-order valence-electron chi connectivity index (χ4n) is 1.30. The zero-order chi connectivity index (χ0) is 8.72. The van der Waals surface area contributed by atoms with E-state index in [-0.39, 0.29) is 6.61 Å². The molecular formula is C7H7BFNO2. The first-order valence-corrected chi connectivity index (χ1v) is 3.56. The van der Waals surface area contributed by atoms with E-state index in [1.165, 1.54) is 12.1 Å². The fourth-order valence-corrected chi connectivity index (χ4v) is 1.30. The molecule has 0 unspecified atom stereocenters. The van der Waals surface area contributed by atoms with E-state index in [2.05, 4.69) is 0 Å². The Morgan fingerprint density at radius 2 is 2.33 bits per heavy atom. The molecule has 0 aromatic heterocycles. The number of halogens is 1. The molecule has 3 N–H and O–H groups in total. The molecule has 3 nitrogen and oxygen atoms in total. The van der Waals surface area contributed by atoms with Crippen LogP contribution in [0.4, 0.5) is 10.1 Å². The summed E-state index contributed by atoms with van der Waals surface area (Å²) >= 11 is 0. The lowest BCUT2D eigenvalue weighted by molar-refractivity contribution is 0.272. The lowest BCUT2D eigenvalue weighted by atomic mass is 9.79. The number of rotatable bonds is 0. The second-order valence-corrected chi connectivity index (χ2v) is 2.73. The van der Waals surface area contributed by atoms with Gasteiger partial charge in [-0.05, 0) is 17.6 Å². The normalized spacial score (nSPS) is 15.0. The molecule has 1 aromatic rings. The lowest BCUT2D eigenvalue weighted by Crippen LogP contribution is -2.28. The molecule has 1 aliphatic rings. The first kappa shape index (κ1) is 7.58. The molecule has 0 atom stereocenters. The highest BCUT2D eigenvalue weighted by atomic mass is 19.1. The molecule has 2 rings (SSSR count). The number of anilines is 1. The van der Waals surface area contributed by atoms with Crippen LogP contribution in [0.5, 0.6) is 0 Å². The molecule has 12 heavy (non-hydrogen) atoms. The van der Waals surface area contributed by atoms with Crippen molar-refractivity contribution < 1.29 is 14.1 Å². The van der Waals surface area contributed by atoms with Crippen LogP contribution in [0.3, 0.4) is 0 Å². The Kier molecular flexibility index (Phi) is 1.56. The first-order valence-electron chi connectivity index (χ1n) is 3.56. The number of fused-ring (bicyclic) bond motifs is 1. The van der Waals surface area contributed by atoms with Gasteiger partial charge < -0.3 is 15.4 Å². The van der Waals surface area contributed by atoms with Gasteiger partial charge in [0.1, 0.15) is 5.82 Å². The molecule has 0 spiro atoms. The Labute approximate surface area is 69.1 Å². The van der Waals surface area contributed by atoms with Crippen molar-refractivity contribution >= 4 is 18.3 Å². The number of nitrogen functional groups attached to an aromatic ring is 1. The number of nitrogens with two attached hydrogens (primary N) is 1. The highest BCUT2D eigenvalue weighted by Gasteiger charge is 2.29. The molecular weight excluding hydrogens is 160 g/mol. The lowest BCUT2D eigenvalue weighted by Gasteiger charge is -2.00. The number of hydrogen-bond acceptors (Lipinski definition) is 3. The van der Waals surface area contributed by atoms with Gasteiger partial charge in [-0.2, -0.15) is 0 Å². The smallest absolute Gasteiger partial charge is 0.423 e. The number of benzene rings is 1. The van der Waals surface area contributed by atoms with Crippen molar-refractivity contribution in [2.24, 2.45) is 0 Å². The van der Waals surface area contributed by atoms with Gasteiger partial charge in [0.2, 0.25) is 0 Å². The van der Waals surface area contributed by atoms with Gasteiger partial charge in [0.05, 0.1) is 6.61 Å². The van der Waals surface area contributed by atoms with Crippen molar-refractivity contribution in [2.75, 3.05) is 5.73 Å². The summed E-state index contributed by atoms with van der Waals surface area (Å²) < 4.78 is 17.9. The van der Waals surface area contributed by atoms with Crippen molar-refractivity contribution in [3.05, 3.63) is 23.5 Å². The molecule has 0 fully saturated rings. The topological polar surface area (TPSA) is 55.5 Å². The summed E-state index contributed by atoms with van der Waals surface area (Å²) in [7, 11) is -1.03. The summed E-state index contributed by atoms with van der Waals surface area (Å²) in [5.41, 5.74) is 6.53. The summed E-state index contributed by atoms with van der Waals surface area (Å²) in [4.78, 5) is 0. The highest BCUT2D eigenvalue weighted by molar-refractivity contribution is 6.61. The minimum Gasteiger partial charge on any atom is -0.423 e. The summed E-state index contributed by atoms with van der Waals surface area (Å²) in [5, 5.41) is 9.19. The highest BCUT2D eigenvalue weighted by Crippen LogP contribution is 2.16. The van der Waals surface area contributed by atoms with Crippen LogP contribution in [0, 0.1) is 5.82 Å². The zero-order valence-corrected chi connectivity index (χ0v) is 6.25. The molecule has 0 amide bonds. The summed E-state index contributed by atoms with van der Waals surface area (Å²) in [6, 6.07) is 2.75. The van der Waals surface area contributed by atoms with E-state index in [0.717, 1.165) is 0 Å². The minimum absolute atomic E-state index is 0.114. The molecule has 5 heteroatoms. The molecule has 62 valence electrons. The predicted molar refractivity (Wildman–Crippen MR) is 43.2 cm³/mol. The van der Waals surface area contributed by atoms with Crippen molar-refractivity contribution in [3.8, 4) is 0 Å². The van der Waals surface area contributed by atoms with Crippen LogP contribution in [0.15, 0.2) is 12.1 Å². The Bertz CT molecular complexity index is 331. The quantitative estimate of drug-likeness (QED) is 0.409. The van der Waals surface area contributed by atoms with Crippen molar-refractivity contribution in [2.45, 2.75) is 6.61 Å². The van der Waals surface area contributed by atoms with Gasteiger partial charge in [-0.3, -0.25) is 0 Å². The summed E-state index contributed by atoms with van der Waals surface area (Å²) in [6.07, 6.45) is 0. The zero-order valence-electron chi connectivity index (χ0n) is 6.25. The van der Waals surface area contributed by atoms with Crippen molar-refractivity contribution in [1.82, 2.24) is 0 Å². The maximum Gasteiger partial charge on any atom is 0.491 e. The van der Waals surface area contributed by atoms with Gasteiger partial charge in [-0.1, -0.05) is 0 Å². The van der Waals surface area contributed by atoms with Gasteiger partial charge in [0, 0.05) is 11.3 Å². The van der Waals surface area contributed by atoms with Gasteiger partial charge in [-0.15, -0.1) is 0 Å². The third-order valence-electron chi connectivity index (χ3n) is 1.90. The van der Waals surface area contributed by atoms with E-state index in [1.807, 2.05) is 0 Å². The Balaban J connectivity index is 2.60. The summed E-state index contributed by atoms with van der Waals surface area (Å²) in [6.45, 7) is 0.114. The maximum atomic E-state index is 13.1. The van der Waals surface area contributed by atoms with Gasteiger partial charge in [-0.25, -0.2) is 4.39 Å². The van der Waals surface area contributed by atoms with Gasteiger partial charge in [0.15, 0.2) is 0 Å². The average Bonchev–Trinajstić information content (AvgIpc) is 2.33. The minimum atomic E-state index is -1.03. The molecule has 0 radical (unpaired) electrons. The monoisotopic (exact) mass is 167 g/mol. The third kappa shape index (κ3) is 0.982. The van der Waals surface area contributed by atoms with E-state index in [4.69, 9.17) is 10.4 Å². The molecule has 0 bridgehead atoms. The SMILES string of the molecule is Nc1cc(F)c2c(c1)B(O)OC2. The van der Waals surface area contributed by atoms with E-state index < -0.39 is 12.9 Å². The van der Waals surface area contributed by atoms with E-state index in [9.17, 15) is 9.41 Å². The third-order valence-corrected chi connectivity index (χ3v) is 1.90. The molecule has 1 aliphatic heterocycles. The molecule has 1 aromatic carbocycles. The second kappa shape index (κ2) is 2.47.